The van der Waals surface area contributed by atoms with Gasteiger partial charge in [0.05, 0.1) is 8.07 Å². The van der Waals surface area contributed by atoms with E-state index in [2.05, 4.69) is 123 Å². The molecule has 0 spiro atoms. The molecule has 5 rings (SSSR count). The summed E-state index contributed by atoms with van der Waals surface area (Å²) in [6.07, 6.45) is 11.0. The van der Waals surface area contributed by atoms with Crippen LogP contribution in [0.3, 0.4) is 0 Å². The fraction of sp³-hybridized carbons (Fsp3) is 0.289. The van der Waals surface area contributed by atoms with Gasteiger partial charge in [-0.3, -0.25) is 0 Å². The van der Waals surface area contributed by atoms with Crippen LogP contribution in [0.25, 0.3) is 33.6 Å². The molecule has 0 aliphatic heterocycles. The van der Waals surface area contributed by atoms with Gasteiger partial charge in [-0.15, -0.1) is 53.6 Å². The topological polar surface area (TPSA) is 38.7 Å². The molecule has 0 amide bonds. The van der Waals surface area contributed by atoms with Crippen molar-refractivity contribution >= 4 is 13.3 Å². The second-order valence-corrected chi connectivity index (χ2v) is 17.7. The maximum absolute atomic E-state index is 4.69. The van der Waals surface area contributed by atoms with Gasteiger partial charge < -0.3 is 15.0 Å². The van der Waals surface area contributed by atoms with E-state index in [4.69, 9.17) is 0 Å². The molecule has 0 saturated carbocycles. The van der Waals surface area contributed by atoms with Crippen molar-refractivity contribution in [1.29, 1.82) is 0 Å². The Morgan fingerprint density at radius 1 is 0.698 bits per heavy atom. The van der Waals surface area contributed by atoms with Crippen LogP contribution in [0.15, 0.2) is 97.5 Å². The molecule has 0 saturated heterocycles. The van der Waals surface area contributed by atoms with Gasteiger partial charge in [-0.05, 0) is 58.6 Å². The number of benzene rings is 2. The zero-order valence-corrected chi connectivity index (χ0v) is 29.9. The van der Waals surface area contributed by atoms with E-state index >= 15 is 0 Å². The van der Waals surface area contributed by atoms with Gasteiger partial charge in [0.25, 0.3) is 0 Å². The van der Waals surface area contributed by atoms with Crippen LogP contribution in [0.2, 0.25) is 19.6 Å². The number of aromatic nitrogens is 3. The van der Waals surface area contributed by atoms with E-state index in [1.807, 2.05) is 42.6 Å². The molecule has 5 aromatic rings. The van der Waals surface area contributed by atoms with Crippen molar-refractivity contribution in [1.82, 2.24) is 15.0 Å². The molecule has 0 aliphatic rings. The summed E-state index contributed by atoms with van der Waals surface area (Å²) in [5.41, 5.74) is 9.22. The van der Waals surface area contributed by atoms with E-state index in [1.54, 1.807) is 6.20 Å². The molecule has 0 fully saturated rings. The number of hydrogen-bond donors (Lipinski definition) is 0. The van der Waals surface area contributed by atoms with E-state index in [0.29, 0.717) is 11.8 Å². The summed E-state index contributed by atoms with van der Waals surface area (Å²) < 4.78 is 0. The Kier molecular flexibility index (Phi) is 12.7. The van der Waals surface area contributed by atoms with E-state index in [9.17, 15) is 0 Å². The van der Waals surface area contributed by atoms with Crippen molar-refractivity contribution in [2.45, 2.75) is 60.2 Å². The van der Waals surface area contributed by atoms with E-state index in [-0.39, 0.29) is 20.1 Å². The second kappa shape index (κ2) is 16.0. The summed E-state index contributed by atoms with van der Waals surface area (Å²) in [5, 5.41) is 1.49. The largest absolute Gasteiger partial charge is 0.360 e. The van der Waals surface area contributed by atoms with Gasteiger partial charge in [-0.25, -0.2) is 0 Å². The van der Waals surface area contributed by atoms with Crippen molar-refractivity contribution in [2.75, 3.05) is 0 Å². The van der Waals surface area contributed by atoms with Crippen LogP contribution in [-0.2, 0) is 32.9 Å². The third-order valence-electron chi connectivity index (χ3n) is 7.00. The minimum absolute atomic E-state index is 0. The Balaban J connectivity index is 0.000000231. The monoisotopic (exact) mass is 762 g/mol. The first kappa shape index (κ1) is 34.2. The molecule has 5 heteroatoms. The first-order valence-electron chi connectivity index (χ1n) is 15.0. The second-order valence-electron chi connectivity index (χ2n) is 12.7. The first-order valence-corrected chi connectivity index (χ1v) is 18.5. The van der Waals surface area contributed by atoms with Gasteiger partial charge in [0.15, 0.2) is 0 Å². The molecule has 3 nitrogen and oxygen atoms in total. The third-order valence-corrected chi connectivity index (χ3v) is 9.06. The van der Waals surface area contributed by atoms with Crippen LogP contribution in [0.4, 0.5) is 0 Å². The van der Waals surface area contributed by atoms with E-state index in [0.717, 1.165) is 35.4 Å². The fourth-order valence-corrected chi connectivity index (χ4v) is 6.67. The van der Waals surface area contributed by atoms with Crippen LogP contribution in [-0.4, -0.2) is 23.0 Å². The summed E-state index contributed by atoms with van der Waals surface area (Å²) in [5.74, 6) is 1.26. The molecule has 225 valence electrons. The summed E-state index contributed by atoms with van der Waals surface area (Å²) in [7, 11) is -1.34. The number of pyridine rings is 3. The summed E-state index contributed by atoms with van der Waals surface area (Å²) >= 11 is 0. The Bertz CT molecular complexity index is 1550. The maximum atomic E-state index is 4.69. The van der Waals surface area contributed by atoms with E-state index < -0.39 is 8.07 Å². The molecule has 0 N–H and O–H groups in total. The van der Waals surface area contributed by atoms with Gasteiger partial charge in [-0.2, -0.15) is 0 Å². The molecule has 3 heterocycles. The molecule has 0 unspecified atom stereocenters. The quantitative estimate of drug-likeness (QED) is 0.117. The Morgan fingerprint density at radius 2 is 1.30 bits per heavy atom. The number of nitrogens with zero attached hydrogens (tertiary/aromatic N) is 3. The van der Waals surface area contributed by atoms with Crippen molar-refractivity contribution in [3.8, 4) is 33.6 Å². The van der Waals surface area contributed by atoms with Crippen molar-refractivity contribution in [2.24, 2.45) is 11.8 Å². The van der Waals surface area contributed by atoms with Crippen molar-refractivity contribution < 1.29 is 20.1 Å². The van der Waals surface area contributed by atoms with Crippen LogP contribution < -0.4 is 5.19 Å². The zero-order valence-electron chi connectivity index (χ0n) is 26.5. The van der Waals surface area contributed by atoms with Crippen molar-refractivity contribution in [3.63, 3.8) is 0 Å². The Hall–Kier alpha value is -3.24. The Morgan fingerprint density at radius 3 is 1.91 bits per heavy atom. The predicted molar refractivity (Wildman–Crippen MR) is 180 cm³/mol. The van der Waals surface area contributed by atoms with Gasteiger partial charge in [0.1, 0.15) is 0 Å². The minimum atomic E-state index is -1.34. The van der Waals surface area contributed by atoms with Crippen molar-refractivity contribution in [3.05, 3.63) is 121 Å². The number of hydrogen-bond acceptors (Lipinski definition) is 3. The summed E-state index contributed by atoms with van der Waals surface area (Å²) in [4.78, 5) is 13.4. The molecule has 2 aromatic carbocycles. The molecule has 0 atom stereocenters. The fourth-order valence-electron chi connectivity index (χ4n) is 5.08. The molecule has 43 heavy (non-hydrogen) atoms. The molecule has 1 radical (unpaired) electrons. The molecule has 3 aromatic heterocycles. The third kappa shape index (κ3) is 9.89. The van der Waals surface area contributed by atoms with Crippen LogP contribution >= 0.6 is 0 Å². The SMILES string of the molecule is CC(C)Cc1cc(-c2[c-]cccc2)ncc1[Si](C)(C)C.CC(C)Cc1cc(-c2[c-]nccc2)ncc1-c1ccccc1.[Ir]. The zero-order chi connectivity index (χ0) is 30.1. The van der Waals surface area contributed by atoms with Gasteiger partial charge in [0.2, 0.25) is 0 Å². The van der Waals surface area contributed by atoms with E-state index in [1.165, 1.54) is 27.4 Å². The summed E-state index contributed by atoms with van der Waals surface area (Å²) in [6.45, 7) is 16.2. The smallest absolute Gasteiger partial charge is 0.0798 e. The average molecular weight is 762 g/mol. The minimum Gasteiger partial charge on any atom is -0.360 e. The van der Waals surface area contributed by atoms with Crippen LogP contribution in [0, 0.1) is 24.1 Å². The average Bonchev–Trinajstić information content (AvgIpc) is 2.98. The van der Waals surface area contributed by atoms with Gasteiger partial charge in [-0.1, -0.05) is 102 Å². The van der Waals surface area contributed by atoms with Gasteiger partial charge in [0, 0.05) is 38.1 Å². The Labute approximate surface area is 273 Å². The molecule has 0 aliphatic carbocycles. The molecular weight excluding hydrogens is 719 g/mol. The first-order chi connectivity index (χ1) is 20.1. The number of rotatable bonds is 8. The predicted octanol–water partition coefficient (Wildman–Crippen LogP) is 9.10. The standard InChI is InChI=1S/C20H19N2.C18H24NSi.Ir/c1-15(2)11-18-12-20(17-9-6-10-21-13-17)22-14-19(18)16-7-4-3-5-8-16;1-14(2)11-16-12-17(15-9-7-6-8-10-15)19-13-18(16)20(3,4)5;/h3-10,12,14-15H,11H2,1-2H3;6-9,12-14H,11H2,1-5H3;/q2*-1;. The summed E-state index contributed by atoms with van der Waals surface area (Å²) in [6, 6.07) is 30.2. The van der Waals surface area contributed by atoms with Crippen LogP contribution in [0.5, 0.6) is 0 Å². The van der Waals surface area contributed by atoms with Gasteiger partial charge >= 0.3 is 0 Å². The molecular formula is C38H43IrN3Si-2. The maximum Gasteiger partial charge on any atom is 0.0798 e. The molecule has 0 bridgehead atoms. The normalized spacial score (nSPS) is 11.1. The van der Waals surface area contributed by atoms with Crippen LogP contribution in [0.1, 0.15) is 38.8 Å².